The molecule has 9 heteroatoms. The van der Waals surface area contributed by atoms with Crippen molar-refractivity contribution in [2.75, 3.05) is 31.2 Å². The predicted molar refractivity (Wildman–Crippen MR) is 120 cm³/mol. The third-order valence-corrected chi connectivity index (χ3v) is 5.86. The number of ether oxygens (including phenoxy) is 1. The van der Waals surface area contributed by atoms with Crippen molar-refractivity contribution in [1.82, 2.24) is 20.2 Å². The monoisotopic (exact) mass is 451 g/mol. The van der Waals surface area contributed by atoms with E-state index in [9.17, 15) is 5.11 Å². The summed E-state index contributed by atoms with van der Waals surface area (Å²) >= 11 is 6.36. The van der Waals surface area contributed by atoms with Crippen molar-refractivity contribution in [2.24, 2.45) is 0 Å². The molecule has 0 spiro atoms. The van der Waals surface area contributed by atoms with Gasteiger partial charge in [-0.2, -0.15) is 10.2 Å². The first-order valence-electron chi connectivity index (χ1n) is 10.1. The minimum absolute atomic E-state index is 0.210. The number of aromatic nitrogens is 4. The number of hydrogen-bond donors (Lipinski definition) is 1. The lowest BCUT2D eigenvalue weighted by atomic mass is 9.98. The molecule has 0 bridgehead atoms. The number of halogens is 2. The zero-order valence-corrected chi connectivity index (χ0v) is 17.8. The standard InChI is InChI=1S/C23H19ClFN5O2/c24-19-11-20(25)18(10-17(19)15-3-4-28-29-22(15)12-31)23-16-2-1-14(9-21(16)26-13-27-23)30-5-7-32-8-6-30/h1-4,9-11,13,31H,5-8,12H2. The lowest BCUT2D eigenvalue weighted by Crippen LogP contribution is -2.36. The number of aliphatic hydroxyl groups is 1. The zero-order chi connectivity index (χ0) is 22.1. The summed E-state index contributed by atoms with van der Waals surface area (Å²) in [7, 11) is 0. The summed E-state index contributed by atoms with van der Waals surface area (Å²) in [6.45, 7) is 2.68. The maximum absolute atomic E-state index is 15.1. The number of benzene rings is 2. The number of rotatable bonds is 4. The Morgan fingerprint density at radius 2 is 1.88 bits per heavy atom. The molecular weight excluding hydrogens is 433 g/mol. The minimum atomic E-state index is -0.497. The van der Waals surface area contributed by atoms with Crippen LogP contribution in [0.2, 0.25) is 5.02 Å². The Bertz CT molecular complexity index is 1300. The summed E-state index contributed by atoms with van der Waals surface area (Å²) in [5, 5.41) is 18.3. The molecule has 0 aliphatic carbocycles. The average molecular weight is 452 g/mol. The number of hydrogen-bond acceptors (Lipinski definition) is 7. The van der Waals surface area contributed by atoms with Gasteiger partial charge in [0.25, 0.3) is 0 Å². The van der Waals surface area contributed by atoms with E-state index < -0.39 is 5.82 Å². The van der Waals surface area contributed by atoms with E-state index in [1.807, 2.05) is 18.2 Å². The normalized spacial score (nSPS) is 14.2. The second-order valence-electron chi connectivity index (χ2n) is 7.38. The van der Waals surface area contributed by atoms with Crippen molar-refractivity contribution in [1.29, 1.82) is 0 Å². The van der Waals surface area contributed by atoms with E-state index in [-0.39, 0.29) is 17.2 Å². The molecular formula is C23H19ClFN5O2. The first-order chi connectivity index (χ1) is 15.7. The van der Waals surface area contributed by atoms with Crippen molar-refractivity contribution in [3.63, 3.8) is 0 Å². The van der Waals surface area contributed by atoms with Crippen molar-refractivity contribution in [3.05, 3.63) is 65.5 Å². The Morgan fingerprint density at radius 1 is 1.03 bits per heavy atom. The second-order valence-corrected chi connectivity index (χ2v) is 7.79. The van der Waals surface area contributed by atoms with Crippen LogP contribution in [0.15, 0.2) is 48.9 Å². The van der Waals surface area contributed by atoms with E-state index in [4.69, 9.17) is 16.3 Å². The van der Waals surface area contributed by atoms with Crippen LogP contribution in [0.3, 0.4) is 0 Å². The van der Waals surface area contributed by atoms with Crippen LogP contribution >= 0.6 is 11.6 Å². The molecule has 5 rings (SSSR count). The van der Waals surface area contributed by atoms with E-state index >= 15 is 4.39 Å². The highest BCUT2D eigenvalue weighted by Crippen LogP contribution is 2.37. The second kappa shape index (κ2) is 8.74. The van der Waals surface area contributed by atoms with Gasteiger partial charge in [0, 0.05) is 40.9 Å². The molecule has 1 fully saturated rings. The lowest BCUT2D eigenvalue weighted by Gasteiger charge is -2.29. The van der Waals surface area contributed by atoms with E-state index in [1.54, 1.807) is 12.1 Å². The molecule has 32 heavy (non-hydrogen) atoms. The van der Waals surface area contributed by atoms with Gasteiger partial charge in [-0.1, -0.05) is 11.6 Å². The molecule has 0 unspecified atom stereocenters. The summed E-state index contributed by atoms with van der Waals surface area (Å²) in [5.41, 5.74) is 3.99. The van der Waals surface area contributed by atoms with Crippen LogP contribution in [0.4, 0.5) is 10.1 Å². The fourth-order valence-electron chi connectivity index (χ4n) is 3.94. The van der Waals surface area contributed by atoms with Gasteiger partial charge in [0.1, 0.15) is 12.1 Å². The van der Waals surface area contributed by atoms with Gasteiger partial charge >= 0.3 is 0 Å². The SMILES string of the molecule is OCc1nnccc1-c1cc(-c2ncnc3cc(N4CCOCC4)ccc23)c(F)cc1Cl. The Labute approximate surface area is 188 Å². The zero-order valence-electron chi connectivity index (χ0n) is 17.0. The summed E-state index contributed by atoms with van der Waals surface area (Å²) < 4.78 is 20.5. The molecule has 0 atom stereocenters. The van der Waals surface area contributed by atoms with Crippen molar-refractivity contribution in [3.8, 4) is 22.4 Å². The molecule has 0 amide bonds. The van der Waals surface area contributed by atoms with Crippen LogP contribution in [0, 0.1) is 5.82 Å². The highest BCUT2D eigenvalue weighted by atomic mass is 35.5. The summed E-state index contributed by atoms with van der Waals surface area (Å²) in [5.74, 6) is -0.497. The van der Waals surface area contributed by atoms with Gasteiger partial charge in [0.15, 0.2) is 0 Å². The first kappa shape index (κ1) is 20.7. The summed E-state index contributed by atoms with van der Waals surface area (Å²) in [6.07, 6.45) is 2.93. The first-order valence-corrected chi connectivity index (χ1v) is 10.5. The fourth-order valence-corrected chi connectivity index (χ4v) is 4.19. The molecule has 0 saturated carbocycles. The molecule has 1 aliphatic heterocycles. The third-order valence-electron chi connectivity index (χ3n) is 5.55. The van der Waals surface area contributed by atoms with Gasteiger partial charge in [0.2, 0.25) is 0 Å². The number of anilines is 1. The maximum Gasteiger partial charge on any atom is 0.134 e. The van der Waals surface area contributed by atoms with Crippen molar-refractivity contribution in [2.45, 2.75) is 6.61 Å². The van der Waals surface area contributed by atoms with Gasteiger partial charge in [0.05, 0.1) is 47.9 Å². The van der Waals surface area contributed by atoms with Gasteiger partial charge in [-0.05, 0) is 36.4 Å². The van der Waals surface area contributed by atoms with Gasteiger partial charge in [-0.15, -0.1) is 0 Å². The van der Waals surface area contributed by atoms with Crippen LogP contribution in [-0.2, 0) is 11.3 Å². The molecule has 0 radical (unpaired) electrons. The maximum atomic E-state index is 15.1. The summed E-state index contributed by atoms with van der Waals surface area (Å²) in [6, 6.07) is 10.5. The number of morpholine rings is 1. The molecule has 1 saturated heterocycles. The van der Waals surface area contributed by atoms with E-state index in [2.05, 4.69) is 25.1 Å². The van der Waals surface area contributed by atoms with Crippen LogP contribution in [0.1, 0.15) is 5.69 Å². The molecule has 2 aromatic carbocycles. The topological polar surface area (TPSA) is 84.3 Å². The summed E-state index contributed by atoms with van der Waals surface area (Å²) in [4.78, 5) is 11.0. The van der Waals surface area contributed by atoms with Gasteiger partial charge < -0.3 is 14.7 Å². The van der Waals surface area contributed by atoms with Gasteiger partial charge in [-0.25, -0.2) is 14.4 Å². The van der Waals surface area contributed by atoms with Crippen molar-refractivity contribution >= 4 is 28.2 Å². The molecule has 162 valence electrons. The predicted octanol–water partition coefficient (Wildman–Crippen LogP) is 3.88. The number of aliphatic hydroxyl groups excluding tert-OH is 1. The third kappa shape index (κ3) is 3.77. The minimum Gasteiger partial charge on any atom is -0.390 e. The van der Waals surface area contributed by atoms with E-state index in [1.165, 1.54) is 18.6 Å². The smallest absolute Gasteiger partial charge is 0.134 e. The van der Waals surface area contributed by atoms with Crippen molar-refractivity contribution < 1.29 is 14.2 Å². The Kier molecular flexibility index (Phi) is 5.65. The highest BCUT2D eigenvalue weighted by molar-refractivity contribution is 6.33. The number of fused-ring (bicyclic) bond motifs is 1. The van der Waals surface area contributed by atoms with E-state index in [0.717, 1.165) is 29.7 Å². The molecule has 1 aliphatic rings. The molecule has 2 aromatic heterocycles. The van der Waals surface area contributed by atoms with Gasteiger partial charge in [-0.3, -0.25) is 0 Å². The Morgan fingerprint density at radius 3 is 2.69 bits per heavy atom. The molecule has 1 N–H and O–H groups in total. The van der Waals surface area contributed by atoms with E-state index in [0.29, 0.717) is 35.7 Å². The quantitative estimate of drug-likeness (QED) is 0.504. The van der Waals surface area contributed by atoms with Crippen LogP contribution in [0.5, 0.6) is 0 Å². The number of nitrogens with zero attached hydrogens (tertiary/aromatic N) is 5. The largest absolute Gasteiger partial charge is 0.390 e. The Hall–Kier alpha value is -3.20. The van der Waals surface area contributed by atoms with Crippen LogP contribution < -0.4 is 4.90 Å². The fraction of sp³-hybridized carbons (Fsp3) is 0.217. The molecule has 3 heterocycles. The van der Waals surface area contributed by atoms with Crippen LogP contribution in [-0.4, -0.2) is 51.6 Å². The van der Waals surface area contributed by atoms with Crippen LogP contribution in [0.25, 0.3) is 33.3 Å². The lowest BCUT2D eigenvalue weighted by molar-refractivity contribution is 0.122. The molecule has 7 nitrogen and oxygen atoms in total. The molecule has 4 aromatic rings. The highest BCUT2D eigenvalue weighted by Gasteiger charge is 2.19. The Balaban J connectivity index is 1.63. The average Bonchev–Trinajstić information content (AvgIpc) is 2.84.